The lowest BCUT2D eigenvalue weighted by atomic mass is 10.3. The normalized spacial score (nSPS) is 11.0. The van der Waals surface area contributed by atoms with Crippen LogP contribution in [-0.4, -0.2) is 19.4 Å². The molecule has 0 N–H and O–H groups in total. The standard InChI is InChI=1S/C15H17O3P/c1-19(16,12-17-14-8-4-2-5-9-14)13-18-15-10-6-3-7-11-15/h2-11H,12-13H2,1H3. The molecule has 0 unspecified atom stereocenters. The third-order valence-corrected chi connectivity index (χ3v) is 3.85. The molecule has 0 bridgehead atoms. The Kier molecular flexibility index (Phi) is 4.64. The molecular formula is C15H17O3P. The van der Waals surface area contributed by atoms with Crippen LogP contribution < -0.4 is 9.47 Å². The molecule has 4 heteroatoms. The van der Waals surface area contributed by atoms with Gasteiger partial charge >= 0.3 is 0 Å². The summed E-state index contributed by atoms with van der Waals surface area (Å²) in [5.41, 5.74) is 0. The summed E-state index contributed by atoms with van der Waals surface area (Å²) in [4.78, 5) is 0. The van der Waals surface area contributed by atoms with E-state index in [2.05, 4.69) is 0 Å². The number of hydrogen-bond acceptors (Lipinski definition) is 3. The Hall–Kier alpha value is -1.73. The third kappa shape index (κ3) is 4.80. The molecular weight excluding hydrogens is 259 g/mol. The summed E-state index contributed by atoms with van der Waals surface area (Å²) in [6.07, 6.45) is 0.369. The van der Waals surface area contributed by atoms with Crippen LogP contribution in [0.2, 0.25) is 0 Å². The monoisotopic (exact) mass is 276 g/mol. The lowest BCUT2D eigenvalue weighted by Crippen LogP contribution is -2.06. The van der Waals surface area contributed by atoms with Gasteiger partial charge in [0.05, 0.1) is 0 Å². The minimum atomic E-state index is -2.47. The van der Waals surface area contributed by atoms with Crippen molar-refractivity contribution in [2.75, 3.05) is 19.4 Å². The zero-order chi connectivity index (χ0) is 13.6. The first-order valence-electron chi connectivity index (χ1n) is 6.07. The molecule has 0 aliphatic rings. The van der Waals surface area contributed by atoms with E-state index in [-0.39, 0.29) is 12.7 Å². The van der Waals surface area contributed by atoms with Crippen LogP contribution in [0.3, 0.4) is 0 Å². The molecule has 100 valence electrons. The SMILES string of the molecule is CP(=O)(COc1ccccc1)COc1ccccc1. The molecule has 2 aromatic carbocycles. The second-order valence-electron chi connectivity index (χ2n) is 4.47. The number of benzene rings is 2. The summed E-state index contributed by atoms with van der Waals surface area (Å²) in [6, 6.07) is 18.7. The first-order chi connectivity index (χ1) is 9.16. The van der Waals surface area contributed by atoms with E-state index in [0.717, 1.165) is 11.5 Å². The van der Waals surface area contributed by atoms with Crippen molar-refractivity contribution in [1.29, 1.82) is 0 Å². The number of para-hydroxylation sites is 2. The third-order valence-electron chi connectivity index (χ3n) is 2.50. The average molecular weight is 276 g/mol. The van der Waals surface area contributed by atoms with Crippen LogP contribution >= 0.6 is 7.14 Å². The topological polar surface area (TPSA) is 35.5 Å². The largest absolute Gasteiger partial charge is 0.486 e. The van der Waals surface area contributed by atoms with E-state index in [4.69, 9.17) is 9.47 Å². The molecule has 0 saturated carbocycles. The van der Waals surface area contributed by atoms with Crippen LogP contribution in [0.25, 0.3) is 0 Å². The average Bonchev–Trinajstić information content (AvgIpc) is 2.46. The molecule has 0 amide bonds. The van der Waals surface area contributed by atoms with Gasteiger partial charge in [-0.05, 0) is 30.9 Å². The predicted molar refractivity (Wildman–Crippen MR) is 77.4 cm³/mol. The summed E-state index contributed by atoms with van der Waals surface area (Å²) in [7, 11) is -2.47. The van der Waals surface area contributed by atoms with Gasteiger partial charge in [0.1, 0.15) is 24.2 Å². The first-order valence-corrected chi connectivity index (χ1v) is 8.59. The van der Waals surface area contributed by atoms with E-state index < -0.39 is 7.14 Å². The zero-order valence-corrected chi connectivity index (χ0v) is 11.8. The van der Waals surface area contributed by atoms with Crippen molar-refractivity contribution in [3.8, 4) is 11.5 Å². The number of ether oxygens (including phenoxy) is 2. The van der Waals surface area contributed by atoms with Crippen LogP contribution in [0.15, 0.2) is 60.7 Å². The van der Waals surface area contributed by atoms with E-state index in [9.17, 15) is 4.57 Å². The van der Waals surface area contributed by atoms with Gasteiger partial charge in [-0.25, -0.2) is 0 Å². The Morgan fingerprint density at radius 1 is 0.789 bits per heavy atom. The molecule has 0 aromatic heterocycles. The Labute approximate surface area is 113 Å². The van der Waals surface area contributed by atoms with Gasteiger partial charge in [-0.3, -0.25) is 0 Å². The molecule has 0 heterocycles. The Balaban J connectivity index is 1.84. The van der Waals surface area contributed by atoms with E-state index in [1.165, 1.54) is 0 Å². The maximum absolute atomic E-state index is 12.3. The van der Waals surface area contributed by atoms with Crippen molar-refractivity contribution in [2.45, 2.75) is 0 Å². The van der Waals surface area contributed by atoms with Gasteiger partial charge in [0.15, 0.2) is 7.14 Å². The van der Waals surface area contributed by atoms with Crippen molar-refractivity contribution in [3.63, 3.8) is 0 Å². The van der Waals surface area contributed by atoms with E-state index >= 15 is 0 Å². The van der Waals surface area contributed by atoms with E-state index in [0.29, 0.717) is 0 Å². The van der Waals surface area contributed by atoms with Crippen molar-refractivity contribution >= 4 is 7.14 Å². The molecule has 2 aromatic rings. The maximum Gasteiger partial charge on any atom is 0.156 e. The fourth-order valence-electron chi connectivity index (χ4n) is 1.49. The summed E-state index contributed by atoms with van der Waals surface area (Å²) in [5.74, 6) is 1.45. The lowest BCUT2D eigenvalue weighted by molar-refractivity contribution is 0.347. The molecule has 3 nitrogen and oxygen atoms in total. The minimum Gasteiger partial charge on any atom is -0.486 e. The Morgan fingerprint density at radius 2 is 1.16 bits per heavy atom. The molecule has 2 rings (SSSR count). The first kappa shape index (κ1) is 13.7. The molecule has 19 heavy (non-hydrogen) atoms. The van der Waals surface area contributed by atoms with Crippen LogP contribution in [0, 0.1) is 0 Å². The smallest absolute Gasteiger partial charge is 0.156 e. The van der Waals surface area contributed by atoms with E-state index in [1.807, 2.05) is 60.7 Å². The fourth-order valence-corrected chi connectivity index (χ4v) is 2.41. The lowest BCUT2D eigenvalue weighted by Gasteiger charge is -2.15. The van der Waals surface area contributed by atoms with Crippen molar-refractivity contribution in [2.24, 2.45) is 0 Å². The molecule has 0 saturated heterocycles. The van der Waals surface area contributed by atoms with Crippen molar-refractivity contribution in [3.05, 3.63) is 60.7 Å². The van der Waals surface area contributed by atoms with Crippen molar-refractivity contribution in [1.82, 2.24) is 0 Å². The molecule has 0 spiro atoms. The van der Waals surface area contributed by atoms with Gasteiger partial charge < -0.3 is 14.0 Å². The molecule has 0 atom stereocenters. The summed E-state index contributed by atoms with van der Waals surface area (Å²) in [6.45, 7) is 1.69. The summed E-state index contributed by atoms with van der Waals surface area (Å²) >= 11 is 0. The van der Waals surface area contributed by atoms with Gasteiger partial charge in [0.2, 0.25) is 0 Å². The number of rotatable bonds is 6. The molecule has 0 fully saturated rings. The van der Waals surface area contributed by atoms with Crippen LogP contribution in [0.5, 0.6) is 11.5 Å². The summed E-state index contributed by atoms with van der Waals surface area (Å²) < 4.78 is 23.3. The highest BCUT2D eigenvalue weighted by Crippen LogP contribution is 2.41. The zero-order valence-electron chi connectivity index (χ0n) is 10.9. The van der Waals surface area contributed by atoms with E-state index in [1.54, 1.807) is 6.66 Å². The number of hydrogen-bond donors (Lipinski definition) is 0. The van der Waals surface area contributed by atoms with Crippen LogP contribution in [0.4, 0.5) is 0 Å². The van der Waals surface area contributed by atoms with Gasteiger partial charge in [0.25, 0.3) is 0 Å². The van der Waals surface area contributed by atoms with Crippen LogP contribution in [0.1, 0.15) is 0 Å². The quantitative estimate of drug-likeness (QED) is 0.746. The molecule has 0 aliphatic heterocycles. The molecule has 0 aliphatic carbocycles. The summed E-state index contributed by atoms with van der Waals surface area (Å²) in [5, 5.41) is 0. The highest BCUT2D eigenvalue weighted by molar-refractivity contribution is 7.62. The highest BCUT2D eigenvalue weighted by Gasteiger charge is 2.17. The second-order valence-corrected chi connectivity index (χ2v) is 7.58. The fraction of sp³-hybridized carbons (Fsp3) is 0.200. The van der Waals surface area contributed by atoms with Gasteiger partial charge in [-0.1, -0.05) is 36.4 Å². The van der Waals surface area contributed by atoms with Gasteiger partial charge in [0, 0.05) is 0 Å². The predicted octanol–water partition coefficient (Wildman–Crippen LogP) is 4.05. The molecule has 0 radical (unpaired) electrons. The van der Waals surface area contributed by atoms with Gasteiger partial charge in [-0.15, -0.1) is 0 Å². The van der Waals surface area contributed by atoms with Crippen molar-refractivity contribution < 1.29 is 14.0 Å². The van der Waals surface area contributed by atoms with Gasteiger partial charge in [-0.2, -0.15) is 0 Å². The maximum atomic E-state index is 12.3. The minimum absolute atomic E-state index is 0.184. The highest BCUT2D eigenvalue weighted by atomic mass is 31.2. The van der Waals surface area contributed by atoms with Crippen LogP contribution in [-0.2, 0) is 4.57 Å². The Morgan fingerprint density at radius 3 is 1.53 bits per heavy atom. The second kappa shape index (κ2) is 6.44. The Bertz CT molecular complexity index is 492.